The minimum Gasteiger partial charge on any atom is -0.354 e. The molecule has 1 aromatic carbocycles. The molecule has 3 nitrogen and oxygen atoms in total. The Bertz CT molecular complexity index is 416. The summed E-state index contributed by atoms with van der Waals surface area (Å²) in [6.07, 6.45) is 1.03. The lowest BCUT2D eigenvalue weighted by atomic mass is 10.1. The van der Waals surface area contributed by atoms with Crippen molar-refractivity contribution in [2.45, 2.75) is 39.8 Å². The van der Waals surface area contributed by atoms with Crippen LogP contribution >= 0.6 is 0 Å². The molecule has 1 atom stereocenters. The molecular formula is C14H22FN3. The Hall–Kier alpha value is -1.58. The fraction of sp³-hybridized carbons (Fsp3) is 0.500. The van der Waals surface area contributed by atoms with E-state index in [9.17, 15) is 4.39 Å². The van der Waals surface area contributed by atoms with Crippen molar-refractivity contribution in [2.24, 2.45) is 4.99 Å². The molecule has 0 saturated heterocycles. The molecule has 4 heteroatoms. The van der Waals surface area contributed by atoms with Crippen LogP contribution in [-0.4, -0.2) is 19.0 Å². The summed E-state index contributed by atoms with van der Waals surface area (Å²) in [4.78, 5) is 4.13. The van der Waals surface area contributed by atoms with Crippen molar-refractivity contribution >= 4 is 5.96 Å². The number of hydrogen-bond donors (Lipinski definition) is 2. The molecule has 0 radical (unpaired) electrons. The first-order valence-corrected chi connectivity index (χ1v) is 6.29. The number of halogens is 1. The third kappa shape index (κ3) is 4.35. The first kappa shape index (κ1) is 14.5. The Morgan fingerprint density at radius 2 is 2.17 bits per heavy atom. The summed E-state index contributed by atoms with van der Waals surface area (Å²) in [6, 6.07) is 5.63. The average Bonchev–Trinajstić information content (AvgIpc) is 2.38. The van der Waals surface area contributed by atoms with Gasteiger partial charge in [0, 0.05) is 19.6 Å². The summed E-state index contributed by atoms with van der Waals surface area (Å²) in [5.41, 5.74) is 1.58. The molecule has 0 fully saturated rings. The highest BCUT2D eigenvalue weighted by Gasteiger charge is 2.03. The maximum absolute atomic E-state index is 13.4. The molecular weight excluding hydrogens is 229 g/mol. The number of benzene rings is 1. The molecule has 1 rings (SSSR count). The maximum atomic E-state index is 13.4. The predicted molar refractivity (Wildman–Crippen MR) is 74.2 cm³/mol. The lowest BCUT2D eigenvalue weighted by Crippen LogP contribution is -2.41. The van der Waals surface area contributed by atoms with Crippen LogP contribution in [0.3, 0.4) is 0 Å². The van der Waals surface area contributed by atoms with Crippen molar-refractivity contribution in [3.63, 3.8) is 0 Å². The molecule has 100 valence electrons. The van der Waals surface area contributed by atoms with Crippen molar-refractivity contribution < 1.29 is 4.39 Å². The lowest BCUT2D eigenvalue weighted by molar-refractivity contribution is 0.612. The van der Waals surface area contributed by atoms with Crippen LogP contribution in [-0.2, 0) is 6.54 Å². The van der Waals surface area contributed by atoms with Crippen LogP contribution in [0.4, 0.5) is 4.39 Å². The molecule has 0 spiro atoms. The molecule has 1 unspecified atom stereocenters. The summed E-state index contributed by atoms with van der Waals surface area (Å²) >= 11 is 0. The van der Waals surface area contributed by atoms with E-state index in [1.165, 1.54) is 0 Å². The largest absolute Gasteiger partial charge is 0.354 e. The van der Waals surface area contributed by atoms with Crippen molar-refractivity contribution in [1.29, 1.82) is 0 Å². The van der Waals surface area contributed by atoms with Gasteiger partial charge in [-0.25, -0.2) is 4.39 Å². The van der Waals surface area contributed by atoms with Crippen LogP contribution in [0, 0.1) is 12.7 Å². The third-order valence-corrected chi connectivity index (χ3v) is 2.92. The van der Waals surface area contributed by atoms with Gasteiger partial charge >= 0.3 is 0 Å². The van der Waals surface area contributed by atoms with Crippen molar-refractivity contribution in [1.82, 2.24) is 10.6 Å². The van der Waals surface area contributed by atoms with E-state index in [0.717, 1.165) is 17.9 Å². The minimum atomic E-state index is -0.167. The Labute approximate surface area is 109 Å². The van der Waals surface area contributed by atoms with Gasteiger partial charge in [-0.3, -0.25) is 4.99 Å². The standard InChI is InChI=1S/C14H22FN3/c1-5-11(3)18-14(16-4)17-9-12-7-6-10(2)13(15)8-12/h6-8,11H,5,9H2,1-4H3,(H2,16,17,18). The first-order chi connectivity index (χ1) is 8.56. The monoisotopic (exact) mass is 251 g/mol. The summed E-state index contributed by atoms with van der Waals surface area (Å²) in [5.74, 6) is 0.574. The van der Waals surface area contributed by atoms with Gasteiger partial charge in [-0.15, -0.1) is 0 Å². The van der Waals surface area contributed by atoms with E-state index < -0.39 is 0 Å². The van der Waals surface area contributed by atoms with Crippen LogP contribution in [0.15, 0.2) is 23.2 Å². The van der Waals surface area contributed by atoms with Gasteiger partial charge in [-0.1, -0.05) is 19.1 Å². The van der Waals surface area contributed by atoms with Gasteiger partial charge in [0.2, 0.25) is 0 Å². The highest BCUT2D eigenvalue weighted by molar-refractivity contribution is 5.79. The zero-order chi connectivity index (χ0) is 13.5. The molecule has 0 aliphatic heterocycles. The van der Waals surface area contributed by atoms with E-state index in [1.807, 2.05) is 6.07 Å². The summed E-state index contributed by atoms with van der Waals surface area (Å²) in [6.45, 7) is 6.53. The van der Waals surface area contributed by atoms with E-state index >= 15 is 0 Å². The van der Waals surface area contributed by atoms with E-state index in [2.05, 4.69) is 29.5 Å². The number of rotatable bonds is 4. The van der Waals surface area contributed by atoms with Gasteiger partial charge in [0.25, 0.3) is 0 Å². The second-order valence-corrected chi connectivity index (χ2v) is 4.46. The lowest BCUT2D eigenvalue weighted by Gasteiger charge is -2.16. The Morgan fingerprint density at radius 1 is 1.44 bits per heavy atom. The van der Waals surface area contributed by atoms with Crippen molar-refractivity contribution in [3.05, 3.63) is 35.1 Å². The van der Waals surface area contributed by atoms with E-state index in [1.54, 1.807) is 26.1 Å². The Morgan fingerprint density at radius 3 is 2.72 bits per heavy atom. The highest BCUT2D eigenvalue weighted by atomic mass is 19.1. The van der Waals surface area contributed by atoms with Gasteiger partial charge in [-0.2, -0.15) is 0 Å². The molecule has 0 aromatic heterocycles. The van der Waals surface area contributed by atoms with Crippen LogP contribution < -0.4 is 10.6 Å². The maximum Gasteiger partial charge on any atom is 0.191 e. The van der Waals surface area contributed by atoms with Gasteiger partial charge in [0.15, 0.2) is 5.96 Å². The summed E-state index contributed by atoms with van der Waals surface area (Å²) < 4.78 is 13.4. The molecule has 0 aliphatic carbocycles. The van der Waals surface area contributed by atoms with Crippen LogP contribution in [0.5, 0.6) is 0 Å². The number of nitrogens with one attached hydrogen (secondary N) is 2. The molecule has 1 aromatic rings. The molecule has 0 bridgehead atoms. The number of aliphatic imine (C=N–C) groups is 1. The number of hydrogen-bond acceptors (Lipinski definition) is 1. The Balaban J connectivity index is 2.55. The molecule has 0 amide bonds. The predicted octanol–water partition coefficient (Wildman–Crippen LogP) is 2.60. The molecule has 18 heavy (non-hydrogen) atoms. The minimum absolute atomic E-state index is 0.167. The third-order valence-electron chi connectivity index (χ3n) is 2.92. The van der Waals surface area contributed by atoms with Crippen LogP contribution in [0.2, 0.25) is 0 Å². The van der Waals surface area contributed by atoms with Gasteiger partial charge in [-0.05, 0) is 37.5 Å². The number of aryl methyl sites for hydroxylation is 1. The topological polar surface area (TPSA) is 36.4 Å². The SMILES string of the molecule is CCC(C)NC(=NC)NCc1ccc(C)c(F)c1. The summed E-state index contributed by atoms with van der Waals surface area (Å²) in [5, 5.41) is 6.43. The zero-order valence-electron chi connectivity index (χ0n) is 11.5. The smallest absolute Gasteiger partial charge is 0.191 e. The molecule has 0 heterocycles. The highest BCUT2D eigenvalue weighted by Crippen LogP contribution is 2.08. The van der Waals surface area contributed by atoms with Crippen LogP contribution in [0.25, 0.3) is 0 Å². The molecule has 0 saturated carbocycles. The Kier molecular flexibility index (Phi) is 5.62. The molecule has 2 N–H and O–H groups in total. The van der Waals surface area contributed by atoms with Crippen molar-refractivity contribution in [3.8, 4) is 0 Å². The first-order valence-electron chi connectivity index (χ1n) is 6.29. The quantitative estimate of drug-likeness (QED) is 0.637. The fourth-order valence-electron chi connectivity index (χ4n) is 1.46. The number of guanidine groups is 1. The molecule has 0 aliphatic rings. The average molecular weight is 251 g/mol. The van der Waals surface area contributed by atoms with Gasteiger partial charge in [0.05, 0.1) is 0 Å². The van der Waals surface area contributed by atoms with E-state index in [4.69, 9.17) is 0 Å². The van der Waals surface area contributed by atoms with Gasteiger partial charge < -0.3 is 10.6 Å². The van der Waals surface area contributed by atoms with E-state index in [0.29, 0.717) is 18.2 Å². The fourth-order valence-corrected chi connectivity index (χ4v) is 1.46. The van der Waals surface area contributed by atoms with Crippen molar-refractivity contribution in [2.75, 3.05) is 7.05 Å². The second-order valence-electron chi connectivity index (χ2n) is 4.46. The van der Waals surface area contributed by atoms with Crippen LogP contribution in [0.1, 0.15) is 31.4 Å². The zero-order valence-corrected chi connectivity index (χ0v) is 11.5. The number of nitrogens with zero attached hydrogens (tertiary/aromatic N) is 1. The second kappa shape index (κ2) is 6.99. The van der Waals surface area contributed by atoms with Gasteiger partial charge in [0.1, 0.15) is 5.82 Å². The normalized spacial score (nSPS) is 13.3. The summed E-state index contributed by atoms with van der Waals surface area (Å²) in [7, 11) is 1.73. The van der Waals surface area contributed by atoms with E-state index in [-0.39, 0.29) is 5.82 Å².